The number of nitrogens with two attached hydrogens (primary N) is 1. The number of carbonyl (C=O) groups excluding carboxylic acids is 2. The molecule has 1 heterocycles. The quantitative estimate of drug-likeness (QED) is 0.601. The van der Waals surface area contributed by atoms with Crippen LogP contribution in [0.4, 0.5) is 10.5 Å². The number of nitrogens with zero attached hydrogens (tertiary/aromatic N) is 1. The van der Waals surface area contributed by atoms with Crippen LogP contribution < -0.4 is 5.73 Å². The molecule has 0 atom stereocenters. The number of benzene rings is 1. The molecule has 9 heteroatoms. The van der Waals surface area contributed by atoms with Crippen LogP contribution in [-0.2, 0) is 15.9 Å². The molecule has 6 nitrogen and oxygen atoms in total. The minimum atomic E-state index is -0.757. The third kappa shape index (κ3) is 4.03. The van der Waals surface area contributed by atoms with Gasteiger partial charge in [0.1, 0.15) is 0 Å². The predicted octanol–water partition coefficient (Wildman–Crippen LogP) is 4.41. The van der Waals surface area contributed by atoms with E-state index in [1.54, 1.807) is 13.0 Å². The topological polar surface area (TPSA) is 83.5 Å². The lowest BCUT2D eigenvalue weighted by molar-refractivity contribution is 0.0587. The predicted molar refractivity (Wildman–Crippen MR) is 96.9 cm³/mol. The van der Waals surface area contributed by atoms with E-state index in [0.717, 1.165) is 4.57 Å². The summed E-state index contributed by atoms with van der Waals surface area (Å²) in [7, 11) is 1.19. The lowest BCUT2D eigenvalue weighted by atomic mass is 10.1. The molecule has 0 aliphatic heterocycles. The number of hydrogen-bond acceptors (Lipinski definition) is 5. The number of hydrogen-bond donors (Lipinski definition) is 1. The van der Waals surface area contributed by atoms with E-state index in [2.05, 4.69) is 0 Å². The molecule has 0 saturated heterocycles. The van der Waals surface area contributed by atoms with Crippen LogP contribution in [0.5, 0.6) is 0 Å². The van der Waals surface area contributed by atoms with E-state index < -0.39 is 12.1 Å². The van der Waals surface area contributed by atoms with Crippen molar-refractivity contribution in [3.63, 3.8) is 0 Å². The van der Waals surface area contributed by atoms with Crippen molar-refractivity contribution in [2.24, 2.45) is 0 Å². The summed E-state index contributed by atoms with van der Waals surface area (Å²) < 4.78 is 10.6. The minimum absolute atomic E-state index is 0.0899. The van der Waals surface area contributed by atoms with Crippen LogP contribution in [0.25, 0.3) is 0 Å². The smallest absolute Gasteiger partial charge is 0.418 e. The van der Waals surface area contributed by atoms with Gasteiger partial charge in [-0.15, -0.1) is 0 Å². The molecule has 25 heavy (non-hydrogen) atoms. The molecule has 1 aromatic heterocycles. The van der Waals surface area contributed by atoms with Gasteiger partial charge in [-0.3, -0.25) is 0 Å². The Hall–Kier alpha value is -1.89. The molecule has 0 aliphatic rings. The second-order valence-electron chi connectivity index (χ2n) is 5.01. The number of methoxy groups -OCH3 is 1. The highest BCUT2D eigenvalue weighted by Crippen LogP contribution is 2.33. The van der Waals surface area contributed by atoms with Gasteiger partial charge in [-0.25, -0.2) is 14.2 Å². The Balaban J connectivity index is 2.52. The maximum Gasteiger partial charge on any atom is 0.418 e. The fourth-order valence-electron chi connectivity index (χ4n) is 2.30. The lowest BCUT2D eigenvalue weighted by Crippen LogP contribution is -2.19. The van der Waals surface area contributed by atoms with Crippen molar-refractivity contribution < 1.29 is 19.1 Å². The van der Waals surface area contributed by atoms with Crippen molar-refractivity contribution in [3.8, 4) is 0 Å². The number of nitrogen functional groups attached to an aromatic ring is 1. The molecule has 1 aromatic carbocycles. The molecule has 0 spiro atoms. The van der Waals surface area contributed by atoms with E-state index >= 15 is 0 Å². The van der Waals surface area contributed by atoms with E-state index in [4.69, 9.17) is 50.0 Å². The molecule has 0 aliphatic carbocycles. The largest absolute Gasteiger partial charge is 0.464 e. The van der Waals surface area contributed by atoms with E-state index in [9.17, 15) is 9.59 Å². The molecule has 0 saturated carbocycles. The monoisotopic (exact) mass is 404 g/mol. The molecule has 0 radical (unpaired) electrons. The van der Waals surface area contributed by atoms with Crippen LogP contribution in [0.2, 0.25) is 15.1 Å². The second-order valence-corrected chi connectivity index (χ2v) is 6.24. The summed E-state index contributed by atoms with van der Waals surface area (Å²) in [5, 5.41) is 1.01. The second kappa shape index (κ2) is 7.99. The third-order valence-electron chi connectivity index (χ3n) is 3.42. The van der Waals surface area contributed by atoms with Crippen molar-refractivity contribution >= 4 is 52.6 Å². The summed E-state index contributed by atoms with van der Waals surface area (Å²) in [6.07, 6.45) is 0.877. The molecule has 134 valence electrons. The highest BCUT2D eigenvalue weighted by Gasteiger charge is 2.25. The van der Waals surface area contributed by atoms with Gasteiger partial charge in [-0.2, -0.15) is 0 Å². The maximum atomic E-state index is 12.1. The third-order valence-corrected chi connectivity index (χ3v) is 4.48. The van der Waals surface area contributed by atoms with Crippen LogP contribution in [0.3, 0.4) is 0 Å². The first-order valence-electron chi connectivity index (χ1n) is 7.18. The van der Waals surface area contributed by atoms with E-state index in [1.807, 2.05) is 0 Å². The minimum Gasteiger partial charge on any atom is -0.464 e. The van der Waals surface area contributed by atoms with Gasteiger partial charge in [0.25, 0.3) is 0 Å². The Labute approximate surface area is 159 Å². The van der Waals surface area contributed by atoms with Crippen molar-refractivity contribution in [2.45, 2.75) is 13.3 Å². The zero-order valence-electron chi connectivity index (χ0n) is 13.4. The molecular formula is C16H15Cl3N2O4. The molecule has 2 N–H and O–H groups in total. The van der Waals surface area contributed by atoms with Crippen LogP contribution in [0.1, 0.15) is 28.5 Å². The van der Waals surface area contributed by atoms with E-state index in [-0.39, 0.29) is 24.4 Å². The lowest BCUT2D eigenvalue weighted by Gasteiger charge is -2.07. The Morgan fingerprint density at radius 3 is 2.48 bits per heavy atom. The molecule has 0 bridgehead atoms. The van der Waals surface area contributed by atoms with Gasteiger partial charge in [0.15, 0.2) is 5.69 Å². The fraction of sp³-hybridized carbons (Fsp3) is 0.250. The van der Waals surface area contributed by atoms with Gasteiger partial charge >= 0.3 is 12.1 Å². The first-order valence-corrected chi connectivity index (χ1v) is 8.32. The Bertz CT molecular complexity index is 833. The molecule has 0 amide bonds. The molecular weight excluding hydrogens is 391 g/mol. The average molecular weight is 406 g/mol. The zero-order chi connectivity index (χ0) is 18.7. The number of anilines is 1. The summed E-state index contributed by atoms with van der Waals surface area (Å²) in [4.78, 5) is 24.1. The van der Waals surface area contributed by atoms with Gasteiger partial charge < -0.3 is 15.2 Å². The molecule has 2 aromatic rings. The fourth-order valence-corrected chi connectivity index (χ4v) is 3.01. The summed E-state index contributed by atoms with van der Waals surface area (Å²) in [6.45, 7) is 1.79. The number of rotatable bonds is 4. The Morgan fingerprint density at radius 2 is 1.88 bits per heavy atom. The molecule has 2 rings (SSSR count). The number of halogens is 3. The number of ether oxygens (including phenoxy) is 2. The number of carbonyl (C=O) groups is 2. The summed E-state index contributed by atoms with van der Waals surface area (Å²) in [5.41, 5.74) is 7.11. The van der Waals surface area contributed by atoms with E-state index in [0.29, 0.717) is 26.2 Å². The summed E-state index contributed by atoms with van der Waals surface area (Å²) in [5.74, 6) is -0.757. The van der Waals surface area contributed by atoms with Crippen molar-refractivity contribution in [1.29, 1.82) is 0 Å². The van der Waals surface area contributed by atoms with Crippen molar-refractivity contribution in [3.05, 3.63) is 50.2 Å². The van der Waals surface area contributed by atoms with Crippen LogP contribution in [-0.4, -0.2) is 30.3 Å². The van der Waals surface area contributed by atoms with E-state index in [1.165, 1.54) is 19.4 Å². The Morgan fingerprint density at radius 1 is 1.20 bits per heavy atom. The number of esters is 1. The molecule has 0 unspecified atom stereocenters. The normalized spacial score (nSPS) is 10.6. The first kappa shape index (κ1) is 19.4. The van der Waals surface area contributed by atoms with Gasteiger partial charge in [-0.05, 0) is 30.2 Å². The number of aromatic nitrogens is 1. The summed E-state index contributed by atoms with van der Waals surface area (Å²) in [6, 6.07) is 3.15. The summed E-state index contributed by atoms with van der Waals surface area (Å²) >= 11 is 18.2. The van der Waals surface area contributed by atoms with Crippen LogP contribution >= 0.6 is 34.8 Å². The first-order chi connectivity index (χ1) is 11.8. The highest BCUT2D eigenvalue weighted by molar-refractivity contribution is 6.43. The van der Waals surface area contributed by atoms with Crippen LogP contribution in [0, 0.1) is 0 Å². The van der Waals surface area contributed by atoms with Crippen LogP contribution in [0.15, 0.2) is 18.3 Å². The van der Waals surface area contributed by atoms with Crippen molar-refractivity contribution in [2.75, 3.05) is 19.5 Å². The standard InChI is InChI=1S/C16H15Cl3N2O4/c1-3-25-16(23)21-7-9(13(20)14(21)15(22)24-2)4-8-5-10(17)6-11(18)12(8)19/h5-7H,3-4,20H2,1-2H3. The van der Waals surface area contributed by atoms with Gasteiger partial charge in [0, 0.05) is 17.6 Å². The Kier molecular flexibility index (Phi) is 6.21. The zero-order valence-corrected chi connectivity index (χ0v) is 15.7. The van der Waals surface area contributed by atoms with Gasteiger partial charge in [0.2, 0.25) is 0 Å². The maximum absolute atomic E-state index is 12.1. The highest BCUT2D eigenvalue weighted by atomic mass is 35.5. The average Bonchev–Trinajstić information content (AvgIpc) is 2.88. The molecule has 0 fully saturated rings. The SMILES string of the molecule is CCOC(=O)n1cc(Cc2cc(Cl)cc(Cl)c2Cl)c(N)c1C(=O)OC. The van der Waals surface area contributed by atoms with Gasteiger partial charge in [0.05, 0.1) is 29.4 Å². The van der Waals surface area contributed by atoms with Crippen molar-refractivity contribution in [1.82, 2.24) is 4.57 Å². The van der Waals surface area contributed by atoms with Gasteiger partial charge in [-0.1, -0.05) is 34.8 Å².